The summed E-state index contributed by atoms with van der Waals surface area (Å²) < 4.78 is 2.01. The summed E-state index contributed by atoms with van der Waals surface area (Å²) in [5.74, 6) is 0. The molecular formula is C23H24N6O. The zero-order chi connectivity index (χ0) is 21.9. The lowest BCUT2D eigenvalue weighted by Crippen LogP contribution is -1.98. The van der Waals surface area contributed by atoms with Crippen LogP contribution in [0, 0.1) is 11.3 Å². The molecule has 0 aliphatic carbocycles. The fourth-order valence-corrected chi connectivity index (χ4v) is 2.62. The largest absolute Gasteiger partial charge is 0.399 e. The number of hydrogen-bond acceptors (Lipinski definition) is 5. The molecule has 0 aliphatic heterocycles. The highest BCUT2D eigenvalue weighted by Gasteiger charge is 2.08. The second-order valence-electron chi connectivity index (χ2n) is 5.86. The van der Waals surface area contributed by atoms with E-state index in [1.807, 2.05) is 67.0 Å². The standard InChI is InChI=1S/C19H13N5.C2H5NO.C2H6/c20-9-13-1-3-14(4-2-13)17-12-24-18(10-23-19(24)11-22-17)15-5-7-16(21)8-6-15;1-3-2-4;1-2/h1-8,10-12H,21H2;2H,1H3,(H,3,4);1-2H3. The summed E-state index contributed by atoms with van der Waals surface area (Å²) in [6, 6.07) is 17.2. The van der Waals surface area contributed by atoms with Crippen LogP contribution >= 0.6 is 0 Å². The van der Waals surface area contributed by atoms with Crippen LogP contribution in [-0.4, -0.2) is 27.8 Å². The smallest absolute Gasteiger partial charge is 0.206 e. The van der Waals surface area contributed by atoms with Gasteiger partial charge in [0.25, 0.3) is 0 Å². The Bertz CT molecular complexity index is 1130. The van der Waals surface area contributed by atoms with Crippen molar-refractivity contribution in [3.8, 4) is 28.6 Å². The van der Waals surface area contributed by atoms with E-state index in [1.54, 1.807) is 25.4 Å². The van der Waals surface area contributed by atoms with Crippen molar-refractivity contribution >= 4 is 17.7 Å². The summed E-state index contributed by atoms with van der Waals surface area (Å²) in [5, 5.41) is 11.2. The Balaban J connectivity index is 0.000000481. The summed E-state index contributed by atoms with van der Waals surface area (Å²) in [5.41, 5.74) is 11.7. The highest BCUT2D eigenvalue weighted by molar-refractivity contribution is 5.67. The van der Waals surface area contributed by atoms with Crippen molar-refractivity contribution in [2.75, 3.05) is 12.8 Å². The minimum absolute atomic E-state index is 0.625. The third-order valence-corrected chi connectivity index (χ3v) is 4.03. The molecule has 1 amide bonds. The Morgan fingerprint density at radius 1 is 1.00 bits per heavy atom. The van der Waals surface area contributed by atoms with Gasteiger partial charge in [-0.05, 0) is 24.3 Å². The normalized spacial score (nSPS) is 9.40. The lowest BCUT2D eigenvalue weighted by atomic mass is 10.1. The van der Waals surface area contributed by atoms with Gasteiger partial charge in [-0.15, -0.1) is 0 Å². The molecule has 0 saturated heterocycles. The average molecular weight is 400 g/mol. The monoisotopic (exact) mass is 400 g/mol. The number of amides is 1. The number of nitrogens with two attached hydrogens (primary N) is 1. The van der Waals surface area contributed by atoms with E-state index in [2.05, 4.69) is 21.4 Å². The van der Waals surface area contributed by atoms with E-state index in [0.717, 1.165) is 33.8 Å². The van der Waals surface area contributed by atoms with Gasteiger partial charge in [-0.25, -0.2) is 4.98 Å². The van der Waals surface area contributed by atoms with E-state index in [9.17, 15) is 0 Å². The number of carbonyl (C=O) groups excluding carboxylic acids is 1. The molecule has 152 valence electrons. The fraction of sp³-hybridized carbons (Fsp3) is 0.130. The molecule has 4 rings (SSSR count). The van der Waals surface area contributed by atoms with Gasteiger partial charge in [0, 0.05) is 30.1 Å². The molecule has 0 unspecified atom stereocenters. The summed E-state index contributed by atoms with van der Waals surface area (Å²) in [4.78, 5) is 17.9. The Hall–Kier alpha value is -4.18. The number of hydrogen-bond donors (Lipinski definition) is 2. The topological polar surface area (TPSA) is 109 Å². The molecule has 2 heterocycles. The van der Waals surface area contributed by atoms with Crippen molar-refractivity contribution in [1.29, 1.82) is 5.26 Å². The number of anilines is 1. The first-order chi connectivity index (χ1) is 14.7. The number of nitrogens with zero attached hydrogens (tertiary/aromatic N) is 4. The fourth-order valence-electron chi connectivity index (χ4n) is 2.62. The second kappa shape index (κ2) is 11.0. The molecule has 0 aliphatic rings. The van der Waals surface area contributed by atoms with Gasteiger partial charge >= 0.3 is 0 Å². The van der Waals surface area contributed by atoms with Crippen LogP contribution in [0.2, 0.25) is 0 Å². The maximum absolute atomic E-state index is 9.06. The second-order valence-corrected chi connectivity index (χ2v) is 5.86. The summed E-state index contributed by atoms with van der Waals surface area (Å²) >= 11 is 0. The number of aromatic nitrogens is 3. The van der Waals surface area contributed by atoms with Crippen molar-refractivity contribution in [1.82, 2.24) is 19.7 Å². The van der Waals surface area contributed by atoms with Crippen molar-refractivity contribution in [3.05, 3.63) is 72.7 Å². The van der Waals surface area contributed by atoms with Gasteiger partial charge in [0.05, 0.1) is 35.4 Å². The number of nitrogens with one attached hydrogen (secondary N) is 1. The van der Waals surface area contributed by atoms with Crippen molar-refractivity contribution in [2.24, 2.45) is 0 Å². The van der Waals surface area contributed by atoms with Crippen LogP contribution in [0.5, 0.6) is 0 Å². The molecule has 2 aromatic carbocycles. The minimum atomic E-state index is 0.625. The number of rotatable bonds is 3. The molecule has 0 atom stereocenters. The molecular weight excluding hydrogens is 376 g/mol. The molecule has 3 N–H and O–H groups in total. The van der Waals surface area contributed by atoms with Crippen molar-refractivity contribution in [2.45, 2.75) is 13.8 Å². The van der Waals surface area contributed by atoms with Crippen LogP contribution in [0.4, 0.5) is 5.69 Å². The van der Waals surface area contributed by atoms with Gasteiger partial charge in [-0.3, -0.25) is 14.2 Å². The summed E-state index contributed by atoms with van der Waals surface area (Å²) in [7, 11) is 1.56. The lowest BCUT2D eigenvalue weighted by Gasteiger charge is -2.05. The molecule has 0 spiro atoms. The molecule has 4 aromatic rings. The Kier molecular flexibility index (Phi) is 8.09. The van der Waals surface area contributed by atoms with E-state index >= 15 is 0 Å². The average Bonchev–Trinajstić information content (AvgIpc) is 3.24. The molecule has 30 heavy (non-hydrogen) atoms. The van der Waals surface area contributed by atoms with Crippen LogP contribution < -0.4 is 11.1 Å². The number of fused-ring (bicyclic) bond motifs is 1. The first-order valence-electron chi connectivity index (χ1n) is 9.46. The van der Waals surface area contributed by atoms with E-state index in [4.69, 9.17) is 15.8 Å². The maximum Gasteiger partial charge on any atom is 0.206 e. The van der Waals surface area contributed by atoms with E-state index in [0.29, 0.717) is 12.0 Å². The Morgan fingerprint density at radius 2 is 1.60 bits per heavy atom. The van der Waals surface area contributed by atoms with Gasteiger partial charge in [-0.1, -0.05) is 38.1 Å². The van der Waals surface area contributed by atoms with Crippen LogP contribution in [0.3, 0.4) is 0 Å². The predicted molar refractivity (Wildman–Crippen MR) is 119 cm³/mol. The molecule has 7 heteroatoms. The molecule has 7 nitrogen and oxygen atoms in total. The number of nitrogen functional groups attached to an aromatic ring is 1. The molecule has 2 aromatic heterocycles. The summed E-state index contributed by atoms with van der Waals surface area (Å²) in [6.07, 6.45) is 6.15. The van der Waals surface area contributed by atoms with E-state index in [-0.39, 0.29) is 0 Å². The number of benzene rings is 2. The Morgan fingerprint density at radius 3 is 2.17 bits per heavy atom. The van der Waals surface area contributed by atoms with Gasteiger partial charge in [0.15, 0.2) is 5.65 Å². The van der Waals surface area contributed by atoms with Crippen LogP contribution in [0.25, 0.3) is 28.2 Å². The predicted octanol–water partition coefficient (Wildman–Crippen LogP) is 3.91. The van der Waals surface area contributed by atoms with Crippen LogP contribution in [0.15, 0.2) is 67.1 Å². The highest BCUT2D eigenvalue weighted by atomic mass is 16.1. The van der Waals surface area contributed by atoms with Gasteiger partial charge in [0.2, 0.25) is 6.41 Å². The number of carbonyl (C=O) groups is 1. The summed E-state index contributed by atoms with van der Waals surface area (Å²) in [6.45, 7) is 4.00. The third-order valence-electron chi connectivity index (χ3n) is 4.03. The van der Waals surface area contributed by atoms with E-state index in [1.165, 1.54) is 0 Å². The lowest BCUT2D eigenvalue weighted by molar-refractivity contribution is -0.109. The van der Waals surface area contributed by atoms with Gasteiger partial charge < -0.3 is 11.1 Å². The van der Waals surface area contributed by atoms with Crippen molar-refractivity contribution < 1.29 is 4.79 Å². The number of nitriles is 1. The Labute approximate surface area is 175 Å². The quantitative estimate of drug-likeness (QED) is 0.400. The third kappa shape index (κ3) is 5.20. The molecule has 0 radical (unpaired) electrons. The van der Waals surface area contributed by atoms with Gasteiger partial charge in [0.1, 0.15) is 0 Å². The molecule has 0 fully saturated rings. The zero-order valence-electron chi connectivity index (χ0n) is 17.2. The van der Waals surface area contributed by atoms with Gasteiger partial charge in [-0.2, -0.15) is 5.26 Å². The molecule has 0 saturated carbocycles. The van der Waals surface area contributed by atoms with Crippen LogP contribution in [-0.2, 0) is 4.79 Å². The SMILES string of the molecule is CC.CNC=O.N#Cc1ccc(-c2cn3c(-c4ccc(N)cc4)cnc3cn2)cc1. The van der Waals surface area contributed by atoms with E-state index < -0.39 is 0 Å². The molecule has 0 bridgehead atoms. The minimum Gasteiger partial charge on any atom is -0.399 e. The first kappa shape index (κ1) is 22.1. The zero-order valence-corrected chi connectivity index (χ0v) is 17.2. The number of imidazole rings is 1. The highest BCUT2D eigenvalue weighted by Crippen LogP contribution is 2.24. The first-order valence-corrected chi connectivity index (χ1v) is 9.46. The maximum atomic E-state index is 9.06. The van der Waals surface area contributed by atoms with Crippen molar-refractivity contribution in [3.63, 3.8) is 0 Å². The van der Waals surface area contributed by atoms with Crippen LogP contribution in [0.1, 0.15) is 19.4 Å².